The smallest absolute Gasteiger partial charge is 0.237 e. The predicted octanol–water partition coefficient (Wildman–Crippen LogP) is 1.07. The maximum Gasteiger partial charge on any atom is 0.237 e. The van der Waals surface area contributed by atoms with Gasteiger partial charge in [0.25, 0.3) is 0 Å². The van der Waals surface area contributed by atoms with E-state index < -0.39 is 0 Å². The second-order valence-electron chi connectivity index (χ2n) is 5.67. The number of carbonyl (C=O) groups is 1. The maximum absolute atomic E-state index is 12.4. The molecule has 0 radical (unpaired) electrons. The van der Waals surface area contributed by atoms with Crippen molar-refractivity contribution in [3.05, 3.63) is 0 Å². The quantitative estimate of drug-likeness (QED) is 0.817. The van der Waals surface area contributed by atoms with Crippen LogP contribution in [0.5, 0.6) is 0 Å². The topological polar surface area (TPSA) is 35.6 Å². The minimum Gasteiger partial charge on any atom is -0.339 e. The fraction of sp³-hybridized carbons (Fsp3) is 0.929. The first kappa shape index (κ1) is 13.8. The summed E-state index contributed by atoms with van der Waals surface area (Å²) in [6.07, 6.45) is 4.76. The fourth-order valence-corrected chi connectivity index (χ4v) is 3.14. The van der Waals surface area contributed by atoms with Gasteiger partial charge in [0.2, 0.25) is 5.91 Å². The number of carbonyl (C=O) groups excluding carboxylic acids is 1. The molecular formula is C14H27N3O. The van der Waals surface area contributed by atoms with Gasteiger partial charge in [0.15, 0.2) is 0 Å². The molecule has 2 fully saturated rings. The lowest BCUT2D eigenvalue weighted by Gasteiger charge is -2.39. The Morgan fingerprint density at radius 3 is 2.89 bits per heavy atom. The Morgan fingerprint density at radius 1 is 1.33 bits per heavy atom. The molecule has 104 valence electrons. The Labute approximate surface area is 111 Å². The Morgan fingerprint density at radius 2 is 2.17 bits per heavy atom. The van der Waals surface area contributed by atoms with Crippen LogP contribution in [-0.2, 0) is 4.79 Å². The first-order valence-electron chi connectivity index (χ1n) is 7.46. The van der Waals surface area contributed by atoms with Crippen molar-refractivity contribution in [1.82, 2.24) is 15.1 Å². The molecule has 2 heterocycles. The molecule has 0 saturated carbocycles. The lowest BCUT2D eigenvalue weighted by Crippen LogP contribution is -2.54. The highest BCUT2D eigenvalue weighted by Gasteiger charge is 2.28. The lowest BCUT2D eigenvalue weighted by molar-refractivity contribution is -0.136. The van der Waals surface area contributed by atoms with Crippen LogP contribution in [0.3, 0.4) is 0 Å². The minimum atomic E-state index is 0.343. The van der Waals surface area contributed by atoms with Crippen molar-refractivity contribution < 1.29 is 4.79 Å². The molecule has 1 amide bonds. The van der Waals surface area contributed by atoms with Gasteiger partial charge in [0, 0.05) is 38.3 Å². The van der Waals surface area contributed by atoms with Gasteiger partial charge in [-0.3, -0.25) is 9.69 Å². The van der Waals surface area contributed by atoms with Gasteiger partial charge in [-0.1, -0.05) is 6.92 Å². The van der Waals surface area contributed by atoms with Crippen molar-refractivity contribution in [3.8, 4) is 0 Å². The Bertz CT molecular complexity index is 282. The van der Waals surface area contributed by atoms with Crippen molar-refractivity contribution in [2.75, 3.05) is 32.7 Å². The highest BCUT2D eigenvalue weighted by atomic mass is 16.2. The van der Waals surface area contributed by atoms with Gasteiger partial charge in [-0.25, -0.2) is 0 Å². The van der Waals surface area contributed by atoms with Gasteiger partial charge >= 0.3 is 0 Å². The number of nitrogens with zero attached hydrogens (tertiary/aromatic N) is 2. The van der Waals surface area contributed by atoms with Gasteiger partial charge in [-0.15, -0.1) is 0 Å². The van der Waals surface area contributed by atoms with Gasteiger partial charge in [-0.2, -0.15) is 0 Å². The number of amides is 1. The highest BCUT2D eigenvalue weighted by molar-refractivity contribution is 5.78. The third kappa shape index (κ3) is 3.23. The Hall–Kier alpha value is -0.610. The molecule has 0 aliphatic carbocycles. The van der Waals surface area contributed by atoms with E-state index in [0.717, 1.165) is 32.6 Å². The number of hydrogen-bond donors (Lipinski definition) is 1. The third-order valence-corrected chi connectivity index (χ3v) is 4.40. The molecule has 2 atom stereocenters. The molecule has 4 heteroatoms. The van der Waals surface area contributed by atoms with Crippen LogP contribution in [0.2, 0.25) is 0 Å². The monoisotopic (exact) mass is 253 g/mol. The summed E-state index contributed by atoms with van der Waals surface area (Å²) in [6, 6.07) is 0.969. The van der Waals surface area contributed by atoms with Crippen LogP contribution in [0.15, 0.2) is 0 Å². The molecule has 0 aromatic rings. The number of likely N-dealkylation sites (tertiary alicyclic amines) is 1. The Balaban J connectivity index is 1.89. The van der Waals surface area contributed by atoms with E-state index in [1.54, 1.807) is 0 Å². The largest absolute Gasteiger partial charge is 0.339 e. The molecule has 18 heavy (non-hydrogen) atoms. The normalized spacial score (nSPS) is 30.4. The second-order valence-corrected chi connectivity index (χ2v) is 5.67. The van der Waals surface area contributed by atoms with E-state index in [9.17, 15) is 4.79 Å². The van der Waals surface area contributed by atoms with E-state index >= 15 is 0 Å². The summed E-state index contributed by atoms with van der Waals surface area (Å²) in [5, 5.41) is 3.37. The van der Waals surface area contributed by atoms with E-state index in [1.165, 1.54) is 19.3 Å². The lowest BCUT2D eigenvalue weighted by atomic mass is 10.00. The SMILES string of the molecule is CCC1CCCCN1C(=O)CN1CCNC[C@@H]1C. The van der Waals surface area contributed by atoms with E-state index in [0.29, 0.717) is 24.5 Å². The Kier molecular flexibility index (Phi) is 5.01. The molecular weight excluding hydrogens is 226 g/mol. The van der Waals surface area contributed by atoms with E-state index in [1.807, 2.05) is 0 Å². The molecule has 1 unspecified atom stereocenters. The summed E-state index contributed by atoms with van der Waals surface area (Å²) in [4.78, 5) is 16.9. The molecule has 2 saturated heterocycles. The molecule has 0 spiro atoms. The second kappa shape index (κ2) is 6.53. The van der Waals surface area contributed by atoms with Crippen molar-refractivity contribution in [3.63, 3.8) is 0 Å². The number of hydrogen-bond acceptors (Lipinski definition) is 3. The number of piperazine rings is 1. The van der Waals surface area contributed by atoms with Crippen LogP contribution in [0.4, 0.5) is 0 Å². The molecule has 0 bridgehead atoms. The zero-order valence-electron chi connectivity index (χ0n) is 11.8. The van der Waals surface area contributed by atoms with Crippen molar-refractivity contribution in [2.24, 2.45) is 0 Å². The number of nitrogens with one attached hydrogen (secondary N) is 1. The summed E-state index contributed by atoms with van der Waals surface area (Å²) < 4.78 is 0. The average Bonchev–Trinajstić information content (AvgIpc) is 2.41. The molecule has 2 aliphatic heterocycles. The summed E-state index contributed by atoms with van der Waals surface area (Å²) >= 11 is 0. The fourth-order valence-electron chi connectivity index (χ4n) is 3.14. The van der Waals surface area contributed by atoms with Gasteiger partial charge in [0.1, 0.15) is 0 Å². The van der Waals surface area contributed by atoms with E-state index in [2.05, 4.69) is 29.0 Å². The van der Waals surface area contributed by atoms with Crippen molar-refractivity contribution in [1.29, 1.82) is 0 Å². The zero-order chi connectivity index (χ0) is 13.0. The van der Waals surface area contributed by atoms with Crippen LogP contribution in [0, 0.1) is 0 Å². The molecule has 0 aromatic carbocycles. The van der Waals surface area contributed by atoms with Crippen molar-refractivity contribution >= 4 is 5.91 Å². The number of rotatable bonds is 3. The highest BCUT2D eigenvalue weighted by Crippen LogP contribution is 2.20. The van der Waals surface area contributed by atoms with Crippen LogP contribution < -0.4 is 5.32 Å². The summed E-state index contributed by atoms with van der Waals surface area (Å²) in [7, 11) is 0. The minimum absolute atomic E-state index is 0.343. The molecule has 2 rings (SSSR count). The first-order chi connectivity index (χ1) is 8.72. The molecule has 1 N–H and O–H groups in total. The standard InChI is InChI=1S/C14H27N3O/c1-3-13-6-4-5-8-17(13)14(18)11-16-9-7-15-10-12(16)2/h12-13,15H,3-11H2,1-2H3/t12-,13?/m0/s1. The van der Waals surface area contributed by atoms with Gasteiger partial charge in [0.05, 0.1) is 6.54 Å². The van der Waals surface area contributed by atoms with E-state index in [-0.39, 0.29) is 0 Å². The summed E-state index contributed by atoms with van der Waals surface area (Å²) in [5.74, 6) is 0.343. The van der Waals surface area contributed by atoms with Gasteiger partial charge < -0.3 is 10.2 Å². The predicted molar refractivity (Wildman–Crippen MR) is 73.5 cm³/mol. The number of piperidine rings is 1. The van der Waals surface area contributed by atoms with Crippen LogP contribution >= 0.6 is 0 Å². The van der Waals surface area contributed by atoms with Crippen LogP contribution in [0.1, 0.15) is 39.5 Å². The van der Waals surface area contributed by atoms with Crippen molar-refractivity contribution in [2.45, 2.75) is 51.6 Å². The molecule has 2 aliphatic rings. The third-order valence-electron chi connectivity index (χ3n) is 4.40. The van der Waals surface area contributed by atoms with Crippen LogP contribution in [0.25, 0.3) is 0 Å². The van der Waals surface area contributed by atoms with Gasteiger partial charge in [-0.05, 0) is 32.6 Å². The summed E-state index contributed by atoms with van der Waals surface area (Å²) in [6.45, 7) is 8.99. The van der Waals surface area contributed by atoms with Crippen LogP contribution in [-0.4, -0.2) is 60.5 Å². The maximum atomic E-state index is 12.4. The zero-order valence-corrected chi connectivity index (χ0v) is 11.8. The first-order valence-corrected chi connectivity index (χ1v) is 7.46. The average molecular weight is 253 g/mol. The summed E-state index contributed by atoms with van der Waals surface area (Å²) in [5.41, 5.74) is 0. The molecule has 0 aromatic heterocycles. The molecule has 4 nitrogen and oxygen atoms in total. The van der Waals surface area contributed by atoms with E-state index in [4.69, 9.17) is 0 Å².